The molecule has 0 aliphatic carbocycles. The fourth-order valence-corrected chi connectivity index (χ4v) is 3.15. The second-order valence-corrected chi connectivity index (χ2v) is 5.50. The van der Waals surface area contributed by atoms with Gasteiger partial charge in [-0.1, -0.05) is 0 Å². The minimum absolute atomic E-state index is 0.485. The van der Waals surface area contributed by atoms with Crippen LogP contribution in [0.15, 0.2) is 0 Å². The molecule has 0 aromatic rings. The zero-order valence-electron chi connectivity index (χ0n) is 9.34. The van der Waals surface area contributed by atoms with E-state index in [1.807, 2.05) is 0 Å². The summed E-state index contributed by atoms with van der Waals surface area (Å²) in [6.45, 7) is 4.31. The number of hydrogen-bond donors (Lipinski definition) is 2. The smallest absolute Gasteiger partial charge is 0.0700 e. The Kier molecular flexibility index (Phi) is 5.26. The summed E-state index contributed by atoms with van der Waals surface area (Å²) in [4.78, 5) is 0. The zero-order chi connectivity index (χ0) is 10.3. The number of thioether (sulfide) groups is 1. The molecular weight excluding hydrogens is 208 g/mol. The lowest BCUT2D eigenvalue weighted by Crippen LogP contribution is -2.40. The van der Waals surface area contributed by atoms with Crippen molar-refractivity contribution in [2.24, 2.45) is 0 Å². The summed E-state index contributed by atoms with van der Waals surface area (Å²) in [6, 6.07) is 0.723. The van der Waals surface area contributed by atoms with Gasteiger partial charge in [-0.15, -0.1) is 0 Å². The van der Waals surface area contributed by atoms with E-state index in [4.69, 9.17) is 4.74 Å². The number of rotatable bonds is 5. The van der Waals surface area contributed by atoms with Gasteiger partial charge in [-0.3, -0.25) is 0 Å². The summed E-state index contributed by atoms with van der Waals surface area (Å²) in [7, 11) is 0. The fourth-order valence-electron chi connectivity index (χ4n) is 2.15. The first-order chi connectivity index (χ1) is 7.45. The molecule has 0 bridgehead atoms. The van der Waals surface area contributed by atoms with Crippen LogP contribution in [0.2, 0.25) is 0 Å². The molecule has 2 rings (SSSR count). The summed E-state index contributed by atoms with van der Waals surface area (Å²) in [5.74, 6) is 2.56. The monoisotopic (exact) mass is 230 g/mol. The van der Waals surface area contributed by atoms with Crippen molar-refractivity contribution in [3.63, 3.8) is 0 Å². The van der Waals surface area contributed by atoms with E-state index >= 15 is 0 Å². The number of nitrogens with one attached hydrogen (secondary N) is 2. The zero-order valence-corrected chi connectivity index (χ0v) is 10.2. The minimum Gasteiger partial charge on any atom is -0.377 e. The van der Waals surface area contributed by atoms with Gasteiger partial charge in [-0.2, -0.15) is 11.8 Å². The Morgan fingerprint density at radius 1 is 1.47 bits per heavy atom. The van der Waals surface area contributed by atoms with Crippen LogP contribution < -0.4 is 10.6 Å². The molecule has 3 nitrogen and oxygen atoms in total. The van der Waals surface area contributed by atoms with Crippen molar-refractivity contribution in [2.45, 2.75) is 31.4 Å². The molecule has 2 unspecified atom stereocenters. The van der Waals surface area contributed by atoms with Gasteiger partial charge in [-0.25, -0.2) is 0 Å². The third-order valence-electron chi connectivity index (χ3n) is 3.06. The minimum atomic E-state index is 0.485. The first-order valence-corrected chi connectivity index (χ1v) is 7.24. The highest BCUT2D eigenvalue weighted by atomic mass is 32.2. The highest BCUT2D eigenvalue weighted by Crippen LogP contribution is 2.11. The molecule has 2 aliphatic rings. The van der Waals surface area contributed by atoms with Crippen LogP contribution in [-0.4, -0.2) is 49.9 Å². The number of hydrogen-bond acceptors (Lipinski definition) is 4. The summed E-state index contributed by atoms with van der Waals surface area (Å²) in [5, 5.41) is 7.06. The Labute approximate surface area is 96.7 Å². The molecule has 0 aromatic heterocycles. The van der Waals surface area contributed by atoms with E-state index in [1.165, 1.54) is 37.3 Å². The topological polar surface area (TPSA) is 33.3 Å². The summed E-state index contributed by atoms with van der Waals surface area (Å²) >= 11 is 2.07. The molecule has 2 aliphatic heterocycles. The second kappa shape index (κ2) is 6.74. The maximum atomic E-state index is 5.56. The first kappa shape index (κ1) is 11.7. The predicted octanol–water partition coefficient (Wildman–Crippen LogP) is 0.850. The number of ether oxygens (including phenoxy) is 1. The average Bonchev–Trinajstić information content (AvgIpc) is 2.79. The maximum absolute atomic E-state index is 5.56. The van der Waals surface area contributed by atoms with Crippen molar-refractivity contribution in [1.29, 1.82) is 0 Å². The van der Waals surface area contributed by atoms with Gasteiger partial charge in [0.05, 0.1) is 6.10 Å². The fraction of sp³-hybridized carbons (Fsp3) is 1.00. The molecule has 0 radical (unpaired) electrons. The van der Waals surface area contributed by atoms with Crippen LogP contribution in [0.5, 0.6) is 0 Å². The van der Waals surface area contributed by atoms with E-state index in [2.05, 4.69) is 22.4 Å². The van der Waals surface area contributed by atoms with Crippen molar-refractivity contribution < 1.29 is 4.74 Å². The van der Waals surface area contributed by atoms with Crippen LogP contribution in [0.1, 0.15) is 19.3 Å². The molecule has 15 heavy (non-hydrogen) atoms. The van der Waals surface area contributed by atoms with Crippen LogP contribution >= 0.6 is 11.8 Å². The van der Waals surface area contributed by atoms with E-state index < -0.39 is 0 Å². The van der Waals surface area contributed by atoms with Gasteiger partial charge in [0.2, 0.25) is 0 Å². The Bertz CT molecular complexity index is 168. The summed E-state index contributed by atoms with van der Waals surface area (Å²) in [6.07, 6.45) is 4.22. The third kappa shape index (κ3) is 4.31. The van der Waals surface area contributed by atoms with E-state index in [9.17, 15) is 0 Å². The van der Waals surface area contributed by atoms with E-state index in [0.717, 1.165) is 25.7 Å². The molecular formula is C11H22N2OS. The van der Waals surface area contributed by atoms with Crippen LogP contribution in [0.3, 0.4) is 0 Å². The lowest BCUT2D eigenvalue weighted by molar-refractivity contribution is 0.110. The third-order valence-corrected chi connectivity index (χ3v) is 4.19. The van der Waals surface area contributed by atoms with Crippen molar-refractivity contribution in [2.75, 3.05) is 37.7 Å². The van der Waals surface area contributed by atoms with Crippen LogP contribution in [0.4, 0.5) is 0 Å². The Morgan fingerprint density at radius 3 is 3.20 bits per heavy atom. The summed E-state index contributed by atoms with van der Waals surface area (Å²) < 4.78 is 5.56. The van der Waals surface area contributed by atoms with Crippen molar-refractivity contribution >= 4 is 11.8 Å². The predicted molar refractivity (Wildman–Crippen MR) is 65.6 cm³/mol. The second-order valence-electron chi connectivity index (χ2n) is 4.35. The van der Waals surface area contributed by atoms with Crippen LogP contribution in [0.25, 0.3) is 0 Å². The highest BCUT2D eigenvalue weighted by Gasteiger charge is 2.15. The first-order valence-electron chi connectivity index (χ1n) is 6.08. The molecule has 2 fully saturated rings. The Hall–Kier alpha value is 0.230. The highest BCUT2D eigenvalue weighted by molar-refractivity contribution is 7.99. The molecule has 0 saturated carbocycles. The average molecular weight is 230 g/mol. The van der Waals surface area contributed by atoms with E-state index in [0.29, 0.717) is 6.10 Å². The molecule has 0 amide bonds. The van der Waals surface area contributed by atoms with Gasteiger partial charge in [0.1, 0.15) is 0 Å². The van der Waals surface area contributed by atoms with Gasteiger partial charge in [-0.05, 0) is 25.8 Å². The van der Waals surface area contributed by atoms with Crippen LogP contribution in [0, 0.1) is 0 Å². The molecule has 0 spiro atoms. The van der Waals surface area contributed by atoms with Crippen molar-refractivity contribution in [3.8, 4) is 0 Å². The molecule has 2 N–H and O–H groups in total. The Balaban J connectivity index is 1.47. The van der Waals surface area contributed by atoms with Gasteiger partial charge >= 0.3 is 0 Å². The molecule has 0 aromatic carbocycles. The molecule has 2 heterocycles. The van der Waals surface area contributed by atoms with Crippen LogP contribution in [-0.2, 0) is 4.74 Å². The normalized spacial score (nSPS) is 32.0. The van der Waals surface area contributed by atoms with Gasteiger partial charge < -0.3 is 15.4 Å². The largest absolute Gasteiger partial charge is 0.377 e. The quantitative estimate of drug-likeness (QED) is 0.686. The Morgan fingerprint density at radius 2 is 2.47 bits per heavy atom. The molecule has 2 saturated heterocycles. The standard InChI is InChI=1S/C11H22N2OS/c1-2-11(14-6-1)8-12-4-3-10-9-15-7-5-13-10/h10-13H,1-9H2. The van der Waals surface area contributed by atoms with E-state index in [-0.39, 0.29) is 0 Å². The van der Waals surface area contributed by atoms with Gasteiger partial charge in [0, 0.05) is 37.2 Å². The lowest BCUT2D eigenvalue weighted by Gasteiger charge is -2.23. The molecule has 88 valence electrons. The van der Waals surface area contributed by atoms with E-state index in [1.54, 1.807) is 0 Å². The van der Waals surface area contributed by atoms with Gasteiger partial charge in [0.15, 0.2) is 0 Å². The molecule has 4 heteroatoms. The maximum Gasteiger partial charge on any atom is 0.0700 e. The van der Waals surface area contributed by atoms with Gasteiger partial charge in [0.25, 0.3) is 0 Å². The lowest BCUT2D eigenvalue weighted by atomic mass is 10.2. The molecule has 2 atom stereocenters. The van der Waals surface area contributed by atoms with Crippen molar-refractivity contribution in [3.05, 3.63) is 0 Å². The van der Waals surface area contributed by atoms with Crippen molar-refractivity contribution in [1.82, 2.24) is 10.6 Å². The summed E-state index contributed by atoms with van der Waals surface area (Å²) in [5.41, 5.74) is 0. The SMILES string of the molecule is C1COC(CNCCC2CSCCN2)C1.